The molecule has 0 radical (unpaired) electrons. The van der Waals surface area contributed by atoms with Crippen molar-refractivity contribution in [2.24, 2.45) is 5.92 Å². The summed E-state index contributed by atoms with van der Waals surface area (Å²) >= 11 is 0. The SMILES string of the molecule is C#CC1(O)C(=C)N(C)C2CC21. The minimum Gasteiger partial charge on any atom is -0.372 e. The molecule has 0 amide bonds. The van der Waals surface area contributed by atoms with Crippen molar-refractivity contribution in [1.82, 2.24) is 4.90 Å². The third-order valence-corrected chi connectivity index (χ3v) is 2.88. The molecule has 0 bridgehead atoms. The van der Waals surface area contributed by atoms with Gasteiger partial charge in [0.2, 0.25) is 0 Å². The van der Waals surface area contributed by atoms with E-state index in [1.165, 1.54) is 0 Å². The van der Waals surface area contributed by atoms with Gasteiger partial charge in [-0.15, -0.1) is 6.42 Å². The van der Waals surface area contributed by atoms with Gasteiger partial charge in [0.05, 0.1) is 5.70 Å². The minimum absolute atomic E-state index is 0.241. The minimum atomic E-state index is -1.04. The molecule has 11 heavy (non-hydrogen) atoms. The molecule has 2 heteroatoms. The van der Waals surface area contributed by atoms with Crippen LogP contribution in [0.25, 0.3) is 0 Å². The summed E-state index contributed by atoms with van der Waals surface area (Å²) in [5, 5.41) is 9.87. The third kappa shape index (κ3) is 0.574. The molecule has 1 aliphatic carbocycles. The van der Waals surface area contributed by atoms with Crippen LogP contribution in [0.1, 0.15) is 6.42 Å². The molecule has 1 saturated heterocycles. The average molecular weight is 149 g/mol. The monoisotopic (exact) mass is 149 g/mol. The van der Waals surface area contributed by atoms with E-state index < -0.39 is 5.60 Å². The van der Waals surface area contributed by atoms with Crippen LogP contribution in [0.5, 0.6) is 0 Å². The first-order valence-corrected chi connectivity index (χ1v) is 3.73. The Balaban J connectivity index is 2.39. The van der Waals surface area contributed by atoms with E-state index in [4.69, 9.17) is 6.42 Å². The van der Waals surface area contributed by atoms with Crippen LogP contribution in [-0.2, 0) is 0 Å². The maximum absolute atomic E-state index is 9.87. The number of fused-ring (bicyclic) bond motifs is 1. The van der Waals surface area contributed by atoms with Crippen molar-refractivity contribution in [3.8, 4) is 12.3 Å². The van der Waals surface area contributed by atoms with Gasteiger partial charge in [0.1, 0.15) is 0 Å². The standard InChI is InChI=1S/C9H11NO/c1-4-9(11)6(2)10(3)8-5-7(8)9/h1,7-8,11H,2,5H2,3H3. The van der Waals surface area contributed by atoms with E-state index in [0.29, 0.717) is 11.7 Å². The number of rotatable bonds is 0. The van der Waals surface area contributed by atoms with E-state index in [1.807, 2.05) is 11.9 Å². The fourth-order valence-corrected chi connectivity index (χ4v) is 1.93. The Hall–Kier alpha value is -0.940. The van der Waals surface area contributed by atoms with Crippen LogP contribution in [0.15, 0.2) is 12.3 Å². The molecule has 58 valence electrons. The summed E-state index contributed by atoms with van der Waals surface area (Å²) in [6.07, 6.45) is 6.26. The lowest BCUT2D eigenvalue weighted by atomic mass is 9.98. The Morgan fingerprint density at radius 2 is 2.55 bits per heavy atom. The van der Waals surface area contributed by atoms with Crippen LogP contribution in [0.3, 0.4) is 0 Å². The van der Waals surface area contributed by atoms with Gasteiger partial charge in [0.25, 0.3) is 0 Å². The smallest absolute Gasteiger partial charge is 0.169 e. The van der Waals surface area contributed by atoms with Gasteiger partial charge in [0, 0.05) is 19.0 Å². The van der Waals surface area contributed by atoms with E-state index >= 15 is 0 Å². The number of nitrogens with zero attached hydrogens (tertiary/aromatic N) is 1. The molecule has 0 aromatic rings. The summed E-state index contributed by atoms with van der Waals surface area (Å²) < 4.78 is 0. The average Bonchev–Trinajstić information content (AvgIpc) is 2.75. The van der Waals surface area contributed by atoms with Gasteiger partial charge >= 0.3 is 0 Å². The highest BCUT2D eigenvalue weighted by molar-refractivity contribution is 5.39. The van der Waals surface area contributed by atoms with Crippen LogP contribution >= 0.6 is 0 Å². The number of likely N-dealkylation sites (tertiary alicyclic amines) is 1. The number of likely N-dealkylation sites (N-methyl/N-ethyl adjacent to an activating group) is 1. The van der Waals surface area contributed by atoms with E-state index in [2.05, 4.69) is 12.5 Å². The number of aliphatic hydroxyl groups is 1. The molecule has 2 fully saturated rings. The number of hydrogen-bond donors (Lipinski definition) is 1. The fraction of sp³-hybridized carbons (Fsp3) is 0.556. The van der Waals surface area contributed by atoms with Crippen LogP contribution in [0.4, 0.5) is 0 Å². The highest BCUT2D eigenvalue weighted by atomic mass is 16.3. The van der Waals surface area contributed by atoms with E-state index in [1.54, 1.807) is 0 Å². The maximum Gasteiger partial charge on any atom is 0.169 e. The lowest BCUT2D eigenvalue weighted by Crippen LogP contribution is -2.32. The Morgan fingerprint density at radius 3 is 2.82 bits per heavy atom. The molecular weight excluding hydrogens is 138 g/mol. The van der Waals surface area contributed by atoms with Gasteiger partial charge in [-0.2, -0.15) is 0 Å². The first-order chi connectivity index (χ1) is 5.11. The van der Waals surface area contributed by atoms with E-state index in [-0.39, 0.29) is 5.92 Å². The third-order valence-electron chi connectivity index (χ3n) is 2.88. The predicted octanol–water partition coefficient (Wildman–Crippen LogP) is 0.198. The first kappa shape index (κ1) is 6.75. The summed E-state index contributed by atoms with van der Waals surface area (Å²) in [5.74, 6) is 2.67. The Morgan fingerprint density at radius 1 is 1.91 bits per heavy atom. The highest BCUT2D eigenvalue weighted by Crippen LogP contribution is 2.54. The number of terminal acetylenes is 1. The lowest BCUT2D eigenvalue weighted by molar-refractivity contribution is 0.118. The zero-order valence-corrected chi connectivity index (χ0v) is 6.54. The molecule has 0 spiro atoms. The molecule has 3 atom stereocenters. The van der Waals surface area contributed by atoms with Gasteiger partial charge in [-0.1, -0.05) is 12.5 Å². The van der Waals surface area contributed by atoms with Crippen molar-refractivity contribution in [2.45, 2.75) is 18.1 Å². The molecular formula is C9H11NO. The molecule has 3 unspecified atom stereocenters. The quantitative estimate of drug-likeness (QED) is 0.497. The molecule has 0 aromatic heterocycles. The topological polar surface area (TPSA) is 23.5 Å². The van der Waals surface area contributed by atoms with Gasteiger partial charge in [-0.05, 0) is 6.42 Å². The second kappa shape index (κ2) is 1.62. The van der Waals surface area contributed by atoms with Crippen LogP contribution < -0.4 is 0 Å². The molecule has 1 N–H and O–H groups in total. The van der Waals surface area contributed by atoms with Crippen LogP contribution in [0.2, 0.25) is 0 Å². The van der Waals surface area contributed by atoms with Gasteiger partial charge in [-0.3, -0.25) is 0 Å². The molecule has 1 heterocycles. The summed E-state index contributed by atoms with van der Waals surface area (Å²) in [4.78, 5) is 1.99. The second-order valence-electron chi connectivity index (χ2n) is 3.38. The molecule has 1 aliphatic heterocycles. The Kier molecular flexibility index (Phi) is 0.994. The summed E-state index contributed by atoms with van der Waals surface area (Å²) in [6.45, 7) is 3.77. The van der Waals surface area contributed by atoms with E-state index in [9.17, 15) is 5.11 Å². The molecule has 2 aliphatic rings. The molecule has 0 aromatic carbocycles. The van der Waals surface area contributed by atoms with Crippen molar-refractivity contribution in [3.05, 3.63) is 12.3 Å². The zero-order valence-electron chi connectivity index (χ0n) is 6.54. The van der Waals surface area contributed by atoms with Crippen molar-refractivity contribution in [3.63, 3.8) is 0 Å². The second-order valence-corrected chi connectivity index (χ2v) is 3.38. The van der Waals surface area contributed by atoms with Gasteiger partial charge < -0.3 is 10.0 Å². The Bertz CT molecular complexity index is 265. The van der Waals surface area contributed by atoms with Gasteiger partial charge in [-0.25, -0.2) is 0 Å². The normalized spacial score (nSPS) is 47.0. The zero-order chi connectivity index (χ0) is 8.22. The summed E-state index contributed by atoms with van der Waals surface area (Å²) in [6, 6.07) is 0.448. The van der Waals surface area contributed by atoms with Crippen molar-refractivity contribution >= 4 is 0 Å². The number of piperidine rings is 1. The highest BCUT2D eigenvalue weighted by Gasteiger charge is 2.62. The van der Waals surface area contributed by atoms with Crippen LogP contribution in [0, 0.1) is 18.3 Å². The van der Waals surface area contributed by atoms with E-state index in [0.717, 1.165) is 6.42 Å². The van der Waals surface area contributed by atoms with Crippen LogP contribution in [-0.4, -0.2) is 28.7 Å². The lowest BCUT2D eigenvalue weighted by Gasteiger charge is -2.24. The molecule has 2 rings (SSSR count). The molecule has 2 nitrogen and oxygen atoms in total. The predicted molar refractivity (Wildman–Crippen MR) is 42.6 cm³/mol. The summed E-state index contributed by atoms with van der Waals surface area (Å²) in [5.41, 5.74) is -0.361. The summed E-state index contributed by atoms with van der Waals surface area (Å²) in [7, 11) is 1.93. The van der Waals surface area contributed by atoms with Gasteiger partial charge in [0.15, 0.2) is 5.60 Å². The fourth-order valence-electron chi connectivity index (χ4n) is 1.93. The number of hydrogen-bond acceptors (Lipinski definition) is 2. The van der Waals surface area contributed by atoms with Crippen molar-refractivity contribution in [1.29, 1.82) is 0 Å². The largest absolute Gasteiger partial charge is 0.372 e. The maximum atomic E-state index is 9.87. The van der Waals surface area contributed by atoms with Crippen molar-refractivity contribution in [2.75, 3.05) is 7.05 Å². The Labute approximate surface area is 66.5 Å². The first-order valence-electron chi connectivity index (χ1n) is 3.73. The van der Waals surface area contributed by atoms with Crippen molar-refractivity contribution < 1.29 is 5.11 Å². The molecule has 1 saturated carbocycles.